The van der Waals surface area contributed by atoms with Crippen LogP contribution in [0, 0.1) is 5.82 Å². The van der Waals surface area contributed by atoms with Gasteiger partial charge in [0, 0.05) is 24.2 Å². The van der Waals surface area contributed by atoms with Crippen LogP contribution in [0.5, 0.6) is 17.2 Å². The molecule has 0 aliphatic carbocycles. The number of hydrogen-bond donors (Lipinski definition) is 0. The zero-order valence-corrected chi connectivity index (χ0v) is 16.9. The van der Waals surface area contributed by atoms with Crippen molar-refractivity contribution in [2.45, 2.75) is 12.8 Å². The fourth-order valence-corrected chi connectivity index (χ4v) is 3.27. The second kappa shape index (κ2) is 8.36. The van der Waals surface area contributed by atoms with Crippen molar-refractivity contribution in [2.75, 3.05) is 21.3 Å². The Morgan fingerprint density at radius 2 is 1.73 bits per heavy atom. The van der Waals surface area contributed by atoms with Crippen molar-refractivity contribution in [3.63, 3.8) is 0 Å². The fourth-order valence-electron chi connectivity index (χ4n) is 3.27. The summed E-state index contributed by atoms with van der Waals surface area (Å²) in [5.74, 6) is 2.46. The van der Waals surface area contributed by atoms with E-state index in [0.29, 0.717) is 52.9 Å². The van der Waals surface area contributed by atoms with Crippen LogP contribution in [0.15, 0.2) is 48.7 Å². The second-order valence-corrected chi connectivity index (χ2v) is 6.61. The molecule has 8 heteroatoms. The van der Waals surface area contributed by atoms with Crippen molar-refractivity contribution >= 4 is 5.78 Å². The molecule has 7 nitrogen and oxygen atoms in total. The minimum atomic E-state index is -0.399. The van der Waals surface area contributed by atoms with E-state index >= 15 is 0 Å². The maximum absolute atomic E-state index is 14.6. The van der Waals surface area contributed by atoms with Gasteiger partial charge < -0.3 is 14.2 Å². The van der Waals surface area contributed by atoms with E-state index < -0.39 is 5.82 Å². The molecular weight excluding hydrogens is 387 g/mol. The van der Waals surface area contributed by atoms with Gasteiger partial charge in [0.1, 0.15) is 11.6 Å². The molecular formula is C22H21FN4O3. The van der Waals surface area contributed by atoms with Gasteiger partial charge >= 0.3 is 0 Å². The average Bonchev–Trinajstić information content (AvgIpc) is 3.20. The Kier molecular flexibility index (Phi) is 5.47. The van der Waals surface area contributed by atoms with Crippen LogP contribution in [0.1, 0.15) is 11.4 Å². The van der Waals surface area contributed by atoms with Gasteiger partial charge in [-0.05, 0) is 42.3 Å². The van der Waals surface area contributed by atoms with Crippen LogP contribution in [-0.4, -0.2) is 40.9 Å². The van der Waals surface area contributed by atoms with E-state index in [4.69, 9.17) is 14.2 Å². The highest BCUT2D eigenvalue weighted by atomic mass is 19.1. The quantitative estimate of drug-likeness (QED) is 0.464. The number of ether oxygens (including phenoxy) is 3. The lowest BCUT2D eigenvalue weighted by Crippen LogP contribution is -1.99. The van der Waals surface area contributed by atoms with Crippen molar-refractivity contribution in [2.24, 2.45) is 0 Å². The van der Waals surface area contributed by atoms with Gasteiger partial charge in [-0.3, -0.25) is 0 Å². The average molecular weight is 408 g/mol. The van der Waals surface area contributed by atoms with E-state index in [-0.39, 0.29) is 0 Å². The van der Waals surface area contributed by atoms with Gasteiger partial charge in [0.15, 0.2) is 17.3 Å². The molecule has 0 unspecified atom stereocenters. The third-order valence-corrected chi connectivity index (χ3v) is 4.82. The Hall–Kier alpha value is -3.68. The Morgan fingerprint density at radius 1 is 0.900 bits per heavy atom. The van der Waals surface area contributed by atoms with Crippen LogP contribution in [0.25, 0.3) is 17.0 Å². The molecule has 2 aromatic carbocycles. The number of fused-ring (bicyclic) bond motifs is 1. The van der Waals surface area contributed by atoms with E-state index in [9.17, 15) is 4.39 Å². The summed E-state index contributed by atoms with van der Waals surface area (Å²) in [6.45, 7) is 0. The molecule has 154 valence electrons. The molecule has 0 saturated carbocycles. The highest BCUT2D eigenvalue weighted by Crippen LogP contribution is 2.28. The van der Waals surface area contributed by atoms with Crippen LogP contribution in [0.4, 0.5) is 4.39 Å². The molecule has 0 amide bonds. The van der Waals surface area contributed by atoms with Gasteiger partial charge in [-0.1, -0.05) is 6.07 Å². The lowest BCUT2D eigenvalue weighted by atomic mass is 10.1. The summed E-state index contributed by atoms with van der Waals surface area (Å²) in [4.78, 5) is 8.75. The van der Waals surface area contributed by atoms with Gasteiger partial charge in [0.2, 0.25) is 0 Å². The summed E-state index contributed by atoms with van der Waals surface area (Å²) in [7, 11) is 4.71. The summed E-state index contributed by atoms with van der Waals surface area (Å²) in [5.41, 5.74) is 2.05. The van der Waals surface area contributed by atoms with E-state index in [0.717, 1.165) is 5.56 Å². The van der Waals surface area contributed by atoms with Gasteiger partial charge in [0.25, 0.3) is 5.78 Å². The first-order chi connectivity index (χ1) is 14.6. The number of halogens is 1. The van der Waals surface area contributed by atoms with E-state index in [1.165, 1.54) is 13.2 Å². The zero-order chi connectivity index (χ0) is 21.1. The number of aromatic nitrogens is 4. The van der Waals surface area contributed by atoms with Crippen LogP contribution in [0.2, 0.25) is 0 Å². The number of aryl methyl sites for hydroxylation is 2. The second-order valence-electron chi connectivity index (χ2n) is 6.61. The minimum Gasteiger partial charge on any atom is -0.497 e. The molecule has 0 bridgehead atoms. The topological polar surface area (TPSA) is 70.8 Å². The first kappa shape index (κ1) is 19.6. The highest BCUT2D eigenvalue weighted by molar-refractivity contribution is 5.63. The molecule has 0 N–H and O–H groups in total. The molecule has 0 fully saturated rings. The lowest BCUT2D eigenvalue weighted by molar-refractivity contribution is 0.354. The van der Waals surface area contributed by atoms with Crippen molar-refractivity contribution in [3.8, 4) is 28.5 Å². The molecule has 0 saturated heterocycles. The molecule has 4 rings (SSSR count). The first-order valence-electron chi connectivity index (χ1n) is 9.38. The summed E-state index contributed by atoms with van der Waals surface area (Å²) in [6, 6.07) is 12.2. The zero-order valence-electron chi connectivity index (χ0n) is 16.9. The molecule has 2 heterocycles. The van der Waals surface area contributed by atoms with Crippen LogP contribution in [0.3, 0.4) is 0 Å². The maximum atomic E-state index is 14.6. The predicted molar refractivity (Wildman–Crippen MR) is 110 cm³/mol. The fraction of sp³-hybridized carbons (Fsp3) is 0.227. The smallest absolute Gasteiger partial charge is 0.252 e. The van der Waals surface area contributed by atoms with Crippen LogP contribution >= 0.6 is 0 Å². The largest absolute Gasteiger partial charge is 0.497 e. The predicted octanol–water partition coefficient (Wildman–Crippen LogP) is 3.74. The first-order valence-corrected chi connectivity index (χ1v) is 9.38. The molecule has 0 spiro atoms. The van der Waals surface area contributed by atoms with Gasteiger partial charge in [-0.2, -0.15) is 9.50 Å². The summed E-state index contributed by atoms with van der Waals surface area (Å²) in [6.07, 6.45) is 2.91. The number of nitrogens with zero attached hydrogens (tertiary/aromatic N) is 4. The summed E-state index contributed by atoms with van der Waals surface area (Å²) < 4.78 is 31.8. The third-order valence-electron chi connectivity index (χ3n) is 4.82. The Bertz CT molecular complexity index is 1190. The van der Waals surface area contributed by atoms with Crippen molar-refractivity contribution in [3.05, 3.63) is 65.9 Å². The molecule has 30 heavy (non-hydrogen) atoms. The molecule has 0 radical (unpaired) electrons. The summed E-state index contributed by atoms with van der Waals surface area (Å²) >= 11 is 0. The van der Waals surface area contributed by atoms with Crippen molar-refractivity contribution in [1.29, 1.82) is 0 Å². The van der Waals surface area contributed by atoms with Crippen LogP contribution < -0.4 is 14.2 Å². The molecule has 2 aromatic heterocycles. The molecule has 4 aromatic rings. The van der Waals surface area contributed by atoms with Crippen molar-refractivity contribution in [1.82, 2.24) is 19.6 Å². The molecule has 0 atom stereocenters. The van der Waals surface area contributed by atoms with E-state index in [1.807, 2.05) is 18.2 Å². The molecule has 0 aliphatic heterocycles. The van der Waals surface area contributed by atoms with E-state index in [2.05, 4.69) is 15.1 Å². The lowest BCUT2D eigenvalue weighted by Gasteiger charge is -2.09. The van der Waals surface area contributed by atoms with Gasteiger partial charge in [-0.25, -0.2) is 9.37 Å². The number of methoxy groups -OCH3 is 3. The van der Waals surface area contributed by atoms with E-state index in [1.54, 1.807) is 43.1 Å². The van der Waals surface area contributed by atoms with Gasteiger partial charge in [-0.15, -0.1) is 5.10 Å². The number of benzene rings is 2. The Morgan fingerprint density at radius 3 is 2.47 bits per heavy atom. The highest BCUT2D eigenvalue weighted by Gasteiger charge is 2.14. The van der Waals surface area contributed by atoms with Crippen molar-refractivity contribution < 1.29 is 18.6 Å². The normalized spacial score (nSPS) is 10.9. The Labute approximate surface area is 173 Å². The molecule has 0 aliphatic rings. The third kappa shape index (κ3) is 3.76. The standard InChI is InChI=1S/C22H21FN4O3/c1-28-15-6-7-16(17(23)13-15)18-10-11-24-22-25-21(26-27(18)22)9-5-14-4-8-19(29-2)20(12-14)30-3/h4,6-8,10-13H,5,9H2,1-3H3. The monoisotopic (exact) mass is 408 g/mol. The van der Waals surface area contributed by atoms with Gasteiger partial charge in [0.05, 0.1) is 27.0 Å². The SMILES string of the molecule is COc1ccc(-c2ccnc3nc(CCc4ccc(OC)c(OC)c4)nn23)c(F)c1. The maximum Gasteiger partial charge on any atom is 0.252 e. The minimum absolute atomic E-state index is 0.399. The van der Waals surface area contributed by atoms with Crippen LogP contribution in [-0.2, 0) is 12.8 Å². The Balaban J connectivity index is 1.61. The number of hydrogen-bond acceptors (Lipinski definition) is 6. The number of rotatable bonds is 7. The summed E-state index contributed by atoms with van der Waals surface area (Å²) in [5, 5.41) is 4.55.